The fourth-order valence-corrected chi connectivity index (χ4v) is 9.49. The van der Waals surface area contributed by atoms with Crippen LogP contribution in [0.5, 0.6) is 0 Å². The molecule has 0 unspecified atom stereocenters. The third-order valence-corrected chi connectivity index (χ3v) is 12.5. The minimum Gasteiger partial charge on any atom is -0.456 e. The highest BCUT2D eigenvalue weighted by molar-refractivity contribution is 6.08. The van der Waals surface area contributed by atoms with E-state index in [0.717, 1.165) is 33.6 Å². The largest absolute Gasteiger partial charge is 0.456 e. The molecule has 0 saturated carbocycles. The van der Waals surface area contributed by atoms with Crippen LogP contribution in [0.2, 0.25) is 0 Å². The van der Waals surface area contributed by atoms with Crippen molar-refractivity contribution in [3.63, 3.8) is 0 Å². The first-order chi connectivity index (χ1) is 25.0. The van der Waals surface area contributed by atoms with E-state index in [4.69, 9.17) is 4.42 Å². The Morgan fingerprint density at radius 3 is 1.79 bits per heavy atom. The predicted octanol–water partition coefficient (Wildman–Crippen LogP) is 14.6. The lowest BCUT2D eigenvalue weighted by Crippen LogP contribution is -2.18. The fraction of sp³-hybridized carbons (Fsp3) is 0.294. The smallest absolute Gasteiger partial charge is 0.135 e. The predicted molar refractivity (Wildman–Crippen MR) is 226 cm³/mol. The average Bonchev–Trinajstić information content (AvgIpc) is 3.67. The van der Waals surface area contributed by atoms with Gasteiger partial charge in [0.05, 0.1) is 0 Å². The third-order valence-electron chi connectivity index (χ3n) is 12.5. The second-order valence-corrected chi connectivity index (χ2v) is 18.8. The normalized spacial score (nSPS) is 15.4. The molecule has 0 N–H and O–H groups in total. The molecule has 0 amide bonds. The van der Waals surface area contributed by atoms with E-state index >= 15 is 0 Å². The number of fused-ring (bicyclic) bond motifs is 9. The first-order valence-electron chi connectivity index (χ1n) is 19.3. The molecule has 0 fully saturated rings. The summed E-state index contributed by atoms with van der Waals surface area (Å²) in [6.45, 7) is 25.5. The molecule has 2 heteroatoms. The van der Waals surface area contributed by atoms with Gasteiger partial charge in [-0.3, -0.25) is 0 Å². The summed E-state index contributed by atoms with van der Waals surface area (Å²) in [4.78, 5) is 2.47. The van der Waals surface area contributed by atoms with Crippen molar-refractivity contribution in [1.82, 2.24) is 0 Å². The fourth-order valence-electron chi connectivity index (χ4n) is 9.49. The van der Waals surface area contributed by atoms with Gasteiger partial charge in [0.2, 0.25) is 0 Å². The summed E-state index contributed by atoms with van der Waals surface area (Å²) in [6.07, 6.45) is 0. The number of nitrogens with zero attached hydrogens (tertiary/aromatic N) is 1. The highest BCUT2D eigenvalue weighted by atomic mass is 16.3. The lowest BCUT2D eigenvalue weighted by molar-refractivity contribution is 0.587. The summed E-state index contributed by atoms with van der Waals surface area (Å²) in [7, 11) is 0. The van der Waals surface area contributed by atoms with Gasteiger partial charge in [-0.05, 0) is 127 Å². The van der Waals surface area contributed by atoms with Gasteiger partial charge in [0.1, 0.15) is 11.2 Å². The summed E-state index contributed by atoms with van der Waals surface area (Å²) < 4.78 is 6.58. The molecule has 266 valence electrons. The highest BCUT2D eigenvalue weighted by Crippen LogP contribution is 2.55. The van der Waals surface area contributed by atoms with Crippen LogP contribution < -0.4 is 4.90 Å². The summed E-state index contributed by atoms with van der Waals surface area (Å²) in [6, 6.07) is 41.5. The second kappa shape index (κ2) is 11.0. The van der Waals surface area contributed by atoms with Gasteiger partial charge in [-0.25, -0.2) is 0 Å². The second-order valence-electron chi connectivity index (χ2n) is 18.8. The van der Waals surface area contributed by atoms with E-state index in [1.165, 1.54) is 66.6 Å². The van der Waals surface area contributed by atoms with E-state index in [9.17, 15) is 0 Å². The van der Waals surface area contributed by atoms with Gasteiger partial charge in [0.25, 0.3) is 0 Å². The lowest BCUT2D eigenvalue weighted by Gasteiger charge is -2.29. The molecule has 7 aromatic rings. The number of benzene rings is 6. The van der Waals surface area contributed by atoms with Crippen LogP contribution in [0.3, 0.4) is 0 Å². The Kier molecular flexibility index (Phi) is 6.99. The van der Waals surface area contributed by atoms with E-state index in [1.54, 1.807) is 0 Å². The van der Waals surface area contributed by atoms with Gasteiger partial charge < -0.3 is 9.32 Å². The number of hydrogen-bond acceptors (Lipinski definition) is 2. The molecule has 2 nitrogen and oxygen atoms in total. The molecule has 2 aliphatic carbocycles. The van der Waals surface area contributed by atoms with Crippen LogP contribution in [-0.4, -0.2) is 0 Å². The van der Waals surface area contributed by atoms with Crippen molar-refractivity contribution in [3.8, 4) is 22.3 Å². The number of rotatable bonds is 3. The SMILES string of the molecule is Cc1cc(C(C)(C)C)cc2oc3ccc(N(c4ccc5c(c4)C(C)(C)c4ccccc4-5)c4ccc5c(c4)C(C)(C)c4cccc(C(C)(C)C)c4-5)cc3c12. The number of furan rings is 1. The Morgan fingerprint density at radius 1 is 0.509 bits per heavy atom. The van der Waals surface area contributed by atoms with Crippen LogP contribution in [0.15, 0.2) is 114 Å². The monoisotopic (exact) mass is 693 g/mol. The third kappa shape index (κ3) is 4.91. The van der Waals surface area contributed by atoms with Crippen molar-refractivity contribution in [3.05, 3.63) is 148 Å². The molecule has 2 aliphatic rings. The molecule has 0 spiro atoms. The quantitative estimate of drug-likeness (QED) is 0.183. The van der Waals surface area contributed by atoms with Crippen LogP contribution in [0.25, 0.3) is 44.2 Å². The van der Waals surface area contributed by atoms with E-state index < -0.39 is 0 Å². The summed E-state index contributed by atoms with van der Waals surface area (Å²) in [5.41, 5.74) is 20.1. The zero-order valence-corrected chi connectivity index (χ0v) is 33.2. The van der Waals surface area contributed by atoms with E-state index in [-0.39, 0.29) is 21.7 Å². The van der Waals surface area contributed by atoms with E-state index in [1.807, 2.05) is 0 Å². The maximum Gasteiger partial charge on any atom is 0.135 e. The summed E-state index contributed by atoms with van der Waals surface area (Å²) in [5.74, 6) is 0. The molecule has 0 bridgehead atoms. The first-order valence-corrected chi connectivity index (χ1v) is 19.3. The van der Waals surface area contributed by atoms with Crippen molar-refractivity contribution in [2.24, 2.45) is 0 Å². The molecular formula is C51H51NO. The molecule has 0 saturated heterocycles. The van der Waals surface area contributed by atoms with Crippen LogP contribution in [-0.2, 0) is 21.7 Å². The van der Waals surface area contributed by atoms with Crippen LogP contribution in [0, 0.1) is 6.92 Å². The van der Waals surface area contributed by atoms with E-state index in [2.05, 4.69) is 190 Å². The van der Waals surface area contributed by atoms with Crippen LogP contribution in [0.1, 0.15) is 108 Å². The Balaban J connectivity index is 1.27. The van der Waals surface area contributed by atoms with Crippen molar-refractivity contribution >= 4 is 39.0 Å². The molecule has 0 aliphatic heterocycles. The minimum absolute atomic E-state index is 0.0372. The van der Waals surface area contributed by atoms with Gasteiger partial charge in [-0.2, -0.15) is 0 Å². The van der Waals surface area contributed by atoms with E-state index in [0.29, 0.717) is 0 Å². The van der Waals surface area contributed by atoms with Crippen molar-refractivity contribution < 1.29 is 4.42 Å². The lowest BCUT2D eigenvalue weighted by atomic mass is 9.79. The summed E-state index contributed by atoms with van der Waals surface area (Å²) in [5, 5.41) is 2.35. The molecule has 1 heterocycles. The molecule has 1 aromatic heterocycles. The van der Waals surface area contributed by atoms with Gasteiger partial charge >= 0.3 is 0 Å². The van der Waals surface area contributed by atoms with Crippen LogP contribution in [0.4, 0.5) is 17.1 Å². The van der Waals surface area contributed by atoms with Gasteiger partial charge in [0.15, 0.2) is 0 Å². The Morgan fingerprint density at radius 2 is 1.09 bits per heavy atom. The van der Waals surface area contributed by atoms with Crippen molar-refractivity contribution in [2.45, 2.75) is 97.8 Å². The molecular weight excluding hydrogens is 643 g/mol. The van der Waals surface area contributed by atoms with Crippen LogP contribution >= 0.6 is 0 Å². The zero-order valence-electron chi connectivity index (χ0n) is 33.2. The molecule has 0 radical (unpaired) electrons. The Labute approximate surface area is 315 Å². The van der Waals surface area contributed by atoms with Crippen molar-refractivity contribution in [2.75, 3.05) is 4.90 Å². The number of aryl methyl sites for hydroxylation is 1. The first kappa shape index (κ1) is 33.7. The minimum atomic E-state index is -0.137. The number of hydrogen-bond donors (Lipinski definition) is 0. The van der Waals surface area contributed by atoms with Gasteiger partial charge in [-0.1, -0.05) is 130 Å². The van der Waals surface area contributed by atoms with Gasteiger partial charge in [0, 0.05) is 38.7 Å². The highest BCUT2D eigenvalue weighted by Gasteiger charge is 2.40. The van der Waals surface area contributed by atoms with Gasteiger partial charge in [-0.15, -0.1) is 0 Å². The molecule has 9 rings (SSSR count). The van der Waals surface area contributed by atoms with Crippen molar-refractivity contribution in [1.29, 1.82) is 0 Å². The maximum atomic E-state index is 6.58. The summed E-state index contributed by atoms with van der Waals surface area (Å²) >= 11 is 0. The molecule has 0 atom stereocenters. The Hall–Kier alpha value is -5.08. The molecule has 53 heavy (non-hydrogen) atoms. The molecule has 6 aromatic carbocycles. The topological polar surface area (TPSA) is 16.4 Å². The average molecular weight is 694 g/mol. The standard InChI is InChI=1S/C51H51NO/c1-30-25-31(48(2,3)4)26-45-46(30)38-27-32(21-24-44(38)53-45)52(33-19-22-36-35-15-12-13-16-39(35)50(8,9)42(36)28-33)34-20-23-37-43(29-34)51(10,11)41-18-14-17-40(47(37)41)49(5,6)7/h12-29H,1-11H3. The zero-order chi connectivity index (χ0) is 37.4. The number of anilines is 3. The maximum absolute atomic E-state index is 6.58. The Bertz CT molecular complexity index is 2650.